The van der Waals surface area contributed by atoms with Gasteiger partial charge in [-0.25, -0.2) is 13.6 Å². The number of nitrogens with two attached hydrogens (primary N) is 1. The fourth-order valence-corrected chi connectivity index (χ4v) is 1.54. The van der Waals surface area contributed by atoms with Crippen molar-refractivity contribution in [3.8, 4) is 0 Å². The molecule has 17 heavy (non-hydrogen) atoms. The molecule has 0 aliphatic heterocycles. The number of carbonyl (C=O) groups is 1. The minimum atomic E-state index is -1.10. The summed E-state index contributed by atoms with van der Waals surface area (Å²) in [5.41, 5.74) is 5.19. The first kappa shape index (κ1) is 11.8. The highest BCUT2D eigenvalue weighted by atomic mass is 19.2. The first-order chi connectivity index (χ1) is 8.08. The smallest absolute Gasteiger partial charge is 0.340 e. The molecule has 0 radical (unpaired) electrons. The second kappa shape index (κ2) is 4.69. The van der Waals surface area contributed by atoms with Crippen LogP contribution in [0.25, 0.3) is 0 Å². The van der Waals surface area contributed by atoms with Crippen molar-refractivity contribution in [2.24, 2.45) is 5.92 Å². The topological polar surface area (TPSA) is 52.3 Å². The lowest BCUT2D eigenvalue weighted by Gasteiger charge is -2.07. The van der Waals surface area contributed by atoms with Crippen LogP contribution < -0.4 is 5.73 Å². The fraction of sp³-hybridized carbons (Fsp3) is 0.417. The van der Waals surface area contributed by atoms with Crippen LogP contribution in [0.1, 0.15) is 29.6 Å². The van der Waals surface area contributed by atoms with Gasteiger partial charge in [-0.2, -0.15) is 0 Å². The van der Waals surface area contributed by atoms with Crippen molar-refractivity contribution < 1.29 is 18.3 Å². The Morgan fingerprint density at radius 2 is 2.00 bits per heavy atom. The largest absolute Gasteiger partial charge is 0.462 e. The van der Waals surface area contributed by atoms with Crippen molar-refractivity contribution in [3.05, 3.63) is 29.3 Å². The van der Waals surface area contributed by atoms with E-state index in [4.69, 9.17) is 10.5 Å². The molecular weight excluding hydrogens is 228 g/mol. The Balaban J connectivity index is 1.99. The minimum Gasteiger partial charge on any atom is -0.462 e. The SMILES string of the molecule is Nc1cc(F)c(F)cc1C(=O)OCCC1CC1. The third-order valence-corrected chi connectivity index (χ3v) is 2.77. The molecule has 0 amide bonds. The summed E-state index contributed by atoms with van der Waals surface area (Å²) in [5, 5.41) is 0. The Labute approximate surface area is 97.6 Å². The Kier molecular flexibility index (Phi) is 3.26. The molecular formula is C12H13F2NO2. The summed E-state index contributed by atoms with van der Waals surface area (Å²) in [6.07, 6.45) is 3.16. The highest BCUT2D eigenvalue weighted by Gasteiger charge is 2.22. The molecule has 0 saturated heterocycles. The van der Waals surface area contributed by atoms with E-state index in [-0.39, 0.29) is 11.3 Å². The van der Waals surface area contributed by atoms with Gasteiger partial charge in [0.25, 0.3) is 0 Å². The van der Waals surface area contributed by atoms with Crippen LogP contribution in [0.4, 0.5) is 14.5 Å². The molecule has 0 atom stereocenters. The lowest BCUT2D eigenvalue weighted by Crippen LogP contribution is -2.10. The molecule has 1 aliphatic carbocycles. The number of carbonyl (C=O) groups excluding carboxylic acids is 1. The molecule has 0 aromatic heterocycles. The monoisotopic (exact) mass is 241 g/mol. The molecule has 1 saturated carbocycles. The van der Waals surface area contributed by atoms with Gasteiger partial charge in [0.2, 0.25) is 0 Å². The fourth-order valence-electron chi connectivity index (χ4n) is 1.54. The first-order valence-corrected chi connectivity index (χ1v) is 5.49. The molecule has 1 aromatic carbocycles. The maximum Gasteiger partial charge on any atom is 0.340 e. The Hall–Kier alpha value is -1.65. The number of hydrogen-bond acceptors (Lipinski definition) is 3. The third-order valence-electron chi connectivity index (χ3n) is 2.77. The van der Waals surface area contributed by atoms with Crippen LogP contribution in [-0.2, 0) is 4.74 Å². The van der Waals surface area contributed by atoms with Crippen molar-refractivity contribution in [2.45, 2.75) is 19.3 Å². The summed E-state index contributed by atoms with van der Waals surface area (Å²) >= 11 is 0. The first-order valence-electron chi connectivity index (χ1n) is 5.49. The van der Waals surface area contributed by atoms with Crippen LogP contribution in [0.15, 0.2) is 12.1 Å². The number of ether oxygens (including phenoxy) is 1. The zero-order valence-electron chi connectivity index (χ0n) is 9.21. The quantitative estimate of drug-likeness (QED) is 0.651. The maximum absolute atomic E-state index is 12.9. The van der Waals surface area contributed by atoms with E-state index < -0.39 is 17.6 Å². The van der Waals surface area contributed by atoms with Gasteiger partial charge < -0.3 is 10.5 Å². The number of halogens is 2. The summed E-state index contributed by atoms with van der Waals surface area (Å²) in [4.78, 5) is 11.5. The number of anilines is 1. The second-order valence-corrected chi connectivity index (χ2v) is 4.22. The van der Waals surface area contributed by atoms with Crippen molar-refractivity contribution in [1.29, 1.82) is 0 Å². The molecule has 2 N–H and O–H groups in total. The van der Waals surface area contributed by atoms with Crippen molar-refractivity contribution in [1.82, 2.24) is 0 Å². The van der Waals surface area contributed by atoms with Crippen molar-refractivity contribution in [2.75, 3.05) is 12.3 Å². The van der Waals surface area contributed by atoms with Gasteiger partial charge in [0.15, 0.2) is 11.6 Å². The molecule has 3 nitrogen and oxygen atoms in total. The molecule has 1 aromatic rings. The summed E-state index contributed by atoms with van der Waals surface area (Å²) in [7, 11) is 0. The number of benzene rings is 1. The highest BCUT2D eigenvalue weighted by molar-refractivity contribution is 5.95. The number of nitrogen functional groups attached to an aromatic ring is 1. The van der Waals surface area contributed by atoms with Crippen LogP contribution in [0.5, 0.6) is 0 Å². The lowest BCUT2D eigenvalue weighted by molar-refractivity contribution is 0.0495. The molecule has 0 bridgehead atoms. The molecule has 1 fully saturated rings. The predicted molar refractivity (Wildman–Crippen MR) is 58.4 cm³/mol. The van der Waals surface area contributed by atoms with Crippen LogP contribution in [0, 0.1) is 17.6 Å². The predicted octanol–water partition coefficient (Wildman–Crippen LogP) is 2.50. The highest BCUT2D eigenvalue weighted by Crippen LogP contribution is 2.32. The molecule has 5 heteroatoms. The summed E-state index contributed by atoms with van der Waals surface area (Å²) in [5.74, 6) is -2.24. The van der Waals surface area contributed by atoms with Gasteiger partial charge in [0.1, 0.15) is 0 Å². The zero-order valence-corrected chi connectivity index (χ0v) is 9.21. The van der Waals surface area contributed by atoms with E-state index in [9.17, 15) is 13.6 Å². The van der Waals surface area contributed by atoms with E-state index >= 15 is 0 Å². The zero-order chi connectivity index (χ0) is 12.4. The standard InChI is InChI=1S/C12H13F2NO2/c13-9-5-8(11(15)6-10(9)14)12(16)17-4-3-7-1-2-7/h5-7H,1-4,15H2. The lowest BCUT2D eigenvalue weighted by atomic mass is 10.1. The van der Waals surface area contributed by atoms with E-state index in [0.717, 1.165) is 18.6 Å². The molecule has 92 valence electrons. The number of esters is 1. The second-order valence-electron chi connectivity index (χ2n) is 4.22. The van der Waals surface area contributed by atoms with Crippen LogP contribution >= 0.6 is 0 Å². The molecule has 0 unspecified atom stereocenters. The van der Waals surface area contributed by atoms with Gasteiger partial charge in [0, 0.05) is 11.8 Å². The summed E-state index contributed by atoms with van der Waals surface area (Å²) < 4.78 is 30.7. The number of hydrogen-bond donors (Lipinski definition) is 1. The average molecular weight is 241 g/mol. The van der Waals surface area contributed by atoms with Gasteiger partial charge in [0.05, 0.1) is 12.2 Å². The van der Waals surface area contributed by atoms with Gasteiger partial charge in [-0.3, -0.25) is 0 Å². The molecule has 0 heterocycles. The van der Waals surface area contributed by atoms with E-state index in [0.29, 0.717) is 12.5 Å². The molecule has 0 spiro atoms. The average Bonchev–Trinajstić information content (AvgIpc) is 3.07. The molecule has 2 rings (SSSR count). The minimum absolute atomic E-state index is 0.111. The Bertz CT molecular complexity index is 444. The van der Waals surface area contributed by atoms with E-state index in [1.807, 2.05) is 0 Å². The normalized spacial score (nSPS) is 14.7. The van der Waals surface area contributed by atoms with E-state index in [1.54, 1.807) is 0 Å². The third kappa shape index (κ3) is 2.93. The van der Waals surface area contributed by atoms with Crippen LogP contribution in [0.3, 0.4) is 0 Å². The van der Waals surface area contributed by atoms with E-state index in [1.165, 1.54) is 12.8 Å². The van der Waals surface area contributed by atoms with Crippen LogP contribution in [-0.4, -0.2) is 12.6 Å². The summed E-state index contributed by atoms with van der Waals surface area (Å²) in [6.45, 7) is 0.294. The van der Waals surface area contributed by atoms with Crippen LogP contribution in [0.2, 0.25) is 0 Å². The van der Waals surface area contributed by atoms with Gasteiger partial charge >= 0.3 is 5.97 Å². The van der Waals surface area contributed by atoms with Gasteiger partial charge in [-0.05, 0) is 18.4 Å². The number of rotatable bonds is 4. The van der Waals surface area contributed by atoms with Crippen molar-refractivity contribution >= 4 is 11.7 Å². The molecule has 1 aliphatic rings. The van der Waals surface area contributed by atoms with Crippen molar-refractivity contribution in [3.63, 3.8) is 0 Å². The Morgan fingerprint density at radius 3 is 2.65 bits per heavy atom. The van der Waals surface area contributed by atoms with Gasteiger partial charge in [-0.1, -0.05) is 12.8 Å². The summed E-state index contributed by atoms with van der Waals surface area (Å²) in [6, 6.07) is 1.55. The van der Waals surface area contributed by atoms with E-state index in [2.05, 4.69) is 0 Å². The Morgan fingerprint density at radius 1 is 1.35 bits per heavy atom. The maximum atomic E-state index is 12.9. The van der Waals surface area contributed by atoms with Gasteiger partial charge in [-0.15, -0.1) is 0 Å².